The summed E-state index contributed by atoms with van der Waals surface area (Å²) >= 11 is 0. The first-order valence-electron chi connectivity index (χ1n) is 7.37. The van der Waals surface area contributed by atoms with E-state index in [9.17, 15) is 13.2 Å². The van der Waals surface area contributed by atoms with Gasteiger partial charge < -0.3 is 20.1 Å². The molecular weight excluding hydrogens is 322 g/mol. The van der Waals surface area contributed by atoms with Crippen LogP contribution in [0.25, 0.3) is 0 Å². The number of anilines is 1. The molecule has 1 aromatic carbocycles. The normalized spacial score (nSPS) is 20.6. The fourth-order valence-corrected chi connectivity index (χ4v) is 3.92. The van der Waals surface area contributed by atoms with Crippen LogP contribution in [0.5, 0.6) is 11.5 Å². The van der Waals surface area contributed by atoms with Gasteiger partial charge in [0.05, 0.1) is 12.8 Å². The Morgan fingerprint density at radius 2 is 2.26 bits per heavy atom. The predicted octanol–water partition coefficient (Wildman–Crippen LogP) is 0.0564. The molecule has 0 bridgehead atoms. The van der Waals surface area contributed by atoms with E-state index in [1.807, 2.05) is 0 Å². The molecule has 0 aliphatic carbocycles. The van der Waals surface area contributed by atoms with Crippen molar-refractivity contribution in [3.8, 4) is 11.5 Å². The molecule has 0 saturated carbocycles. The number of hydrogen-bond donors (Lipinski definition) is 3. The first-order chi connectivity index (χ1) is 11.0. The summed E-state index contributed by atoms with van der Waals surface area (Å²) in [5.74, 6) is 0.173. The van der Waals surface area contributed by atoms with Crippen molar-refractivity contribution >= 4 is 21.6 Å². The second kappa shape index (κ2) is 6.34. The number of hydrogen-bond acceptors (Lipinski definition) is 6. The monoisotopic (exact) mass is 341 g/mol. The maximum absolute atomic E-state index is 12.6. The molecule has 8 nitrogen and oxygen atoms in total. The van der Waals surface area contributed by atoms with Crippen LogP contribution in [0.3, 0.4) is 0 Å². The maximum Gasteiger partial charge on any atom is 0.262 e. The number of amides is 1. The van der Waals surface area contributed by atoms with E-state index in [4.69, 9.17) is 9.47 Å². The van der Waals surface area contributed by atoms with E-state index >= 15 is 0 Å². The third kappa shape index (κ3) is 3.41. The Balaban J connectivity index is 1.86. The van der Waals surface area contributed by atoms with E-state index in [0.717, 1.165) is 19.4 Å². The lowest BCUT2D eigenvalue weighted by atomic mass is 10.2. The van der Waals surface area contributed by atoms with Gasteiger partial charge in [0, 0.05) is 24.7 Å². The summed E-state index contributed by atoms with van der Waals surface area (Å²) < 4.78 is 38.1. The molecule has 3 rings (SSSR count). The molecule has 1 saturated heterocycles. The van der Waals surface area contributed by atoms with E-state index in [2.05, 4.69) is 15.4 Å². The molecule has 0 aromatic heterocycles. The molecule has 2 aliphatic rings. The van der Waals surface area contributed by atoms with Crippen molar-refractivity contribution < 1.29 is 22.7 Å². The number of benzene rings is 1. The topological polar surface area (TPSA) is 106 Å². The van der Waals surface area contributed by atoms with Crippen LogP contribution in [-0.4, -0.2) is 47.2 Å². The van der Waals surface area contributed by atoms with Crippen LogP contribution in [0, 0.1) is 0 Å². The summed E-state index contributed by atoms with van der Waals surface area (Å²) in [7, 11) is -2.37. The molecule has 1 amide bonds. The lowest BCUT2D eigenvalue weighted by molar-refractivity contribution is -0.118. The smallest absolute Gasteiger partial charge is 0.262 e. The van der Waals surface area contributed by atoms with Crippen LogP contribution in [0.15, 0.2) is 17.0 Å². The molecular formula is C14H19N3O5S. The highest BCUT2D eigenvalue weighted by atomic mass is 32.2. The van der Waals surface area contributed by atoms with Gasteiger partial charge in [0.2, 0.25) is 10.0 Å². The van der Waals surface area contributed by atoms with Crippen LogP contribution in [0.2, 0.25) is 0 Å². The van der Waals surface area contributed by atoms with Gasteiger partial charge in [-0.1, -0.05) is 0 Å². The summed E-state index contributed by atoms with van der Waals surface area (Å²) in [5.41, 5.74) is 0.398. The van der Waals surface area contributed by atoms with Gasteiger partial charge in [0.25, 0.3) is 5.91 Å². The Kier molecular flexibility index (Phi) is 4.42. The van der Waals surface area contributed by atoms with Gasteiger partial charge in [-0.05, 0) is 19.4 Å². The fourth-order valence-electron chi connectivity index (χ4n) is 2.68. The highest BCUT2D eigenvalue weighted by molar-refractivity contribution is 7.89. The number of methoxy groups -OCH3 is 1. The van der Waals surface area contributed by atoms with E-state index in [0.29, 0.717) is 18.0 Å². The summed E-state index contributed by atoms with van der Waals surface area (Å²) in [5, 5.41) is 5.85. The standard InChI is InChI=1S/C14H19N3O5S/c1-21-12-5-10-11(22-8-14(18)17-10)6-13(12)23(19,20)16-7-9-3-2-4-15-9/h5-6,9,15-16H,2-4,7-8H2,1H3,(H,17,18). The summed E-state index contributed by atoms with van der Waals surface area (Å²) in [4.78, 5) is 11.3. The molecule has 0 radical (unpaired) electrons. The number of fused-ring (bicyclic) bond motifs is 1. The molecule has 1 fully saturated rings. The second-order valence-electron chi connectivity index (χ2n) is 5.48. The number of sulfonamides is 1. The minimum atomic E-state index is -3.75. The van der Waals surface area contributed by atoms with E-state index < -0.39 is 10.0 Å². The lowest BCUT2D eigenvalue weighted by Gasteiger charge is -2.21. The van der Waals surface area contributed by atoms with E-state index in [-0.39, 0.29) is 29.2 Å². The number of ether oxygens (including phenoxy) is 2. The molecule has 2 aliphatic heterocycles. The number of carbonyl (C=O) groups excluding carboxylic acids is 1. The molecule has 2 heterocycles. The third-order valence-electron chi connectivity index (χ3n) is 3.87. The van der Waals surface area contributed by atoms with Gasteiger partial charge in [0.1, 0.15) is 16.4 Å². The predicted molar refractivity (Wildman–Crippen MR) is 83.3 cm³/mol. The molecule has 23 heavy (non-hydrogen) atoms. The molecule has 0 spiro atoms. The highest BCUT2D eigenvalue weighted by Gasteiger charge is 2.26. The Labute approximate surface area is 134 Å². The van der Waals surface area contributed by atoms with Gasteiger partial charge in [-0.25, -0.2) is 13.1 Å². The van der Waals surface area contributed by atoms with Gasteiger partial charge >= 0.3 is 0 Å². The zero-order valence-corrected chi connectivity index (χ0v) is 13.5. The Morgan fingerprint density at radius 1 is 1.43 bits per heavy atom. The lowest BCUT2D eigenvalue weighted by Crippen LogP contribution is -2.37. The van der Waals surface area contributed by atoms with E-state index in [1.54, 1.807) is 0 Å². The number of carbonyl (C=O) groups is 1. The SMILES string of the molecule is COc1cc2c(cc1S(=O)(=O)NCC1CCCN1)OCC(=O)N2. The molecule has 126 valence electrons. The van der Waals surface area contributed by atoms with Crippen molar-refractivity contribution in [2.75, 3.05) is 32.1 Å². The van der Waals surface area contributed by atoms with Gasteiger partial charge in [-0.15, -0.1) is 0 Å². The van der Waals surface area contributed by atoms with Crippen molar-refractivity contribution in [2.24, 2.45) is 0 Å². The Hall–Kier alpha value is -1.84. The first kappa shape index (κ1) is 16.0. The quantitative estimate of drug-likeness (QED) is 0.699. The fraction of sp³-hybridized carbons (Fsp3) is 0.500. The first-order valence-corrected chi connectivity index (χ1v) is 8.85. The van der Waals surface area contributed by atoms with Crippen LogP contribution in [-0.2, 0) is 14.8 Å². The van der Waals surface area contributed by atoms with Crippen LogP contribution >= 0.6 is 0 Å². The van der Waals surface area contributed by atoms with E-state index in [1.165, 1.54) is 19.2 Å². The molecule has 1 aromatic rings. The summed E-state index contributed by atoms with van der Waals surface area (Å²) in [6, 6.07) is 2.97. The van der Waals surface area contributed by atoms with Crippen LogP contribution in [0.4, 0.5) is 5.69 Å². The molecule has 1 unspecified atom stereocenters. The third-order valence-corrected chi connectivity index (χ3v) is 5.32. The van der Waals surface area contributed by atoms with Gasteiger partial charge in [-0.3, -0.25) is 4.79 Å². The molecule has 3 N–H and O–H groups in total. The largest absolute Gasteiger partial charge is 0.495 e. The van der Waals surface area contributed by atoms with Crippen LogP contribution in [0.1, 0.15) is 12.8 Å². The van der Waals surface area contributed by atoms with Gasteiger partial charge in [-0.2, -0.15) is 0 Å². The molecule has 9 heteroatoms. The Morgan fingerprint density at radius 3 is 2.96 bits per heavy atom. The zero-order valence-electron chi connectivity index (χ0n) is 12.7. The summed E-state index contributed by atoms with van der Waals surface area (Å²) in [6.45, 7) is 1.08. The average molecular weight is 341 g/mol. The van der Waals surface area contributed by atoms with Crippen molar-refractivity contribution in [3.05, 3.63) is 12.1 Å². The minimum Gasteiger partial charge on any atom is -0.495 e. The van der Waals surface area contributed by atoms with Gasteiger partial charge in [0.15, 0.2) is 6.61 Å². The van der Waals surface area contributed by atoms with Crippen molar-refractivity contribution in [1.29, 1.82) is 0 Å². The number of rotatable bonds is 5. The summed E-state index contributed by atoms with van der Waals surface area (Å²) in [6.07, 6.45) is 1.99. The maximum atomic E-state index is 12.6. The van der Waals surface area contributed by atoms with Crippen molar-refractivity contribution in [3.63, 3.8) is 0 Å². The minimum absolute atomic E-state index is 0.00658. The second-order valence-corrected chi connectivity index (χ2v) is 7.22. The highest BCUT2D eigenvalue weighted by Crippen LogP contribution is 2.37. The molecule has 1 atom stereocenters. The number of nitrogens with one attached hydrogen (secondary N) is 3. The average Bonchev–Trinajstić information content (AvgIpc) is 3.05. The van der Waals surface area contributed by atoms with Crippen LogP contribution < -0.4 is 24.8 Å². The zero-order chi connectivity index (χ0) is 16.4. The Bertz CT molecular complexity index is 713. The van der Waals surface area contributed by atoms with Crippen molar-refractivity contribution in [1.82, 2.24) is 10.0 Å². The van der Waals surface area contributed by atoms with Crippen molar-refractivity contribution in [2.45, 2.75) is 23.8 Å².